The largest absolute Gasteiger partial charge is 0.494 e. The van der Waals surface area contributed by atoms with E-state index in [1.807, 2.05) is 103 Å². The van der Waals surface area contributed by atoms with Gasteiger partial charge in [0.15, 0.2) is 0 Å². The molecule has 2 fully saturated rings. The van der Waals surface area contributed by atoms with Crippen molar-refractivity contribution in [2.75, 3.05) is 19.8 Å². The fraction of sp³-hybridized carbons (Fsp3) is 0.548. The molecule has 2 amide bonds. The Hall–Kier alpha value is -3.08. The second-order valence-electron chi connectivity index (χ2n) is 12.6. The fourth-order valence-corrected chi connectivity index (χ4v) is 4.79. The average Bonchev–Trinajstić information content (AvgIpc) is 3.13. The molecule has 2 atom stereocenters. The number of ether oxygens (including phenoxy) is 3. The normalized spacial score (nSPS) is 21.8. The Morgan fingerprint density at radius 3 is 2.22 bits per heavy atom. The summed E-state index contributed by atoms with van der Waals surface area (Å²) in [6, 6.07) is 16.8. The van der Waals surface area contributed by atoms with E-state index in [1.54, 1.807) is 4.90 Å². The summed E-state index contributed by atoms with van der Waals surface area (Å²) in [4.78, 5) is 27.5. The molecule has 4 rings (SSSR count). The minimum Gasteiger partial charge on any atom is -0.445 e. The van der Waals surface area contributed by atoms with Crippen molar-refractivity contribution in [1.82, 2.24) is 10.2 Å². The molecule has 222 valence electrons. The van der Waals surface area contributed by atoms with Gasteiger partial charge < -0.3 is 28.8 Å². The van der Waals surface area contributed by atoms with Crippen LogP contribution in [0.3, 0.4) is 0 Å². The molecular formula is C31H43BN2O7. The Labute approximate surface area is 244 Å². The molecule has 9 nitrogen and oxygen atoms in total. The number of carbonyl (C=O) groups excluding carboxylic acids is 2. The monoisotopic (exact) mass is 566 g/mol. The highest BCUT2D eigenvalue weighted by Crippen LogP contribution is 2.37. The summed E-state index contributed by atoms with van der Waals surface area (Å²) >= 11 is 0. The number of rotatable bonds is 7. The molecule has 2 aromatic rings. The molecule has 0 aromatic heterocycles. The molecule has 2 aliphatic heterocycles. The molecule has 1 N–H and O–H groups in total. The van der Waals surface area contributed by atoms with E-state index in [-0.39, 0.29) is 18.7 Å². The van der Waals surface area contributed by atoms with E-state index < -0.39 is 36.1 Å². The van der Waals surface area contributed by atoms with Crippen molar-refractivity contribution >= 4 is 24.8 Å². The highest BCUT2D eigenvalue weighted by molar-refractivity contribution is 6.62. The van der Waals surface area contributed by atoms with Gasteiger partial charge in [0.05, 0.1) is 36.5 Å². The number of alkyl carbamates (subject to hydrolysis) is 1. The SMILES string of the molecule is CC(C)(C)OC(=O)NCC[C@@H]1COC[C@@H](c2ccc(B3OC(C)(C)C(C)(C)O3)cc2)N1C(=O)OCc1ccccc1. The van der Waals surface area contributed by atoms with E-state index in [4.69, 9.17) is 23.5 Å². The smallest absolute Gasteiger partial charge is 0.445 e. The van der Waals surface area contributed by atoms with Crippen LogP contribution in [0.4, 0.5) is 9.59 Å². The Kier molecular flexibility index (Phi) is 9.36. The number of hydrogen-bond donors (Lipinski definition) is 1. The minimum absolute atomic E-state index is 0.160. The molecule has 0 saturated carbocycles. The van der Waals surface area contributed by atoms with Gasteiger partial charge in [-0.3, -0.25) is 4.90 Å². The lowest BCUT2D eigenvalue weighted by Gasteiger charge is -2.41. The molecule has 0 unspecified atom stereocenters. The van der Waals surface area contributed by atoms with Crippen molar-refractivity contribution < 1.29 is 33.1 Å². The number of morpholine rings is 1. The molecule has 41 heavy (non-hydrogen) atoms. The lowest BCUT2D eigenvalue weighted by molar-refractivity contribution is -0.0490. The molecule has 2 heterocycles. The van der Waals surface area contributed by atoms with Gasteiger partial charge in [0.1, 0.15) is 12.2 Å². The van der Waals surface area contributed by atoms with Crippen LogP contribution in [0.15, 0.2) is 54.6 Å². The Bertz CT molecular complexity index is 1170. The molecule has 0 bridgehead atoms. The zero-order valence-corrected chi connectivity index (χ0v) is 25.3. The van der Waals surface area contributed by atoms with Crippen molar-refractivity contribution in [3.63, 3.8) is 0 Å². The first-order valence-electron chi connectivity index (χ1n) is 14.2. The lowest BCUT2D eigenvalue weighted by atomic mass is 9.78. The van der Waals surface area contributed by atoms with E-state index in [1.165, 1.54) is 0 Å². The average molecular weight is 567 g/mol. The predicted molar refractivity (Wildman–Crippen MR) is 157 cm³/mol. The van der Waals surface area contributed by atoms with E-state index in [0.717, 1.165) is 16.6 Å². The summed E-state index contributed by atoms with van der Waals surface area (Å²) in [6.45, 7) is 14.7. The van der Waals surface area contributed by atoms with Gasteiger partial charge in [0, 0.05) is 6.54 Å². The lowest BCUT2D eigenvalue weighted by Crippen LogP contribution is -2.51. The maximum absolute atomic E-state index is 13.6. The van der Waals surface area contributed by atoms with E-state index in [9.17, 15) is 9.59 Å². The number of hydrogen-bond acceptors (Lipinski definition) is 7. The van der Waals surface area contributed by atoms with Gasteiger partial charge >= 0.3 is 19.3 Å². The first-order chi connectivity index (χ1) is 19.3. The second kappa shape index (κ2) is 12.4. The van der Waals surface area contributed by atoms with Gasteiger partial charge in [-0.1, -0.05) is 54.6 Å². The van der Waals surface area contributed by atoms with Crippen molar-refractivity contribution in [2.24, 2.45) is 0 Å². The predicted octanol–water partition coefficient (Wildman–Crippen LogP) is 4.98. The minimum atomic E-state index is -0.595. The van der Waals surface area contributed by atoms with Crippen molar-refractivity contribution in [1.29, 1.82) is 0 Å². The maximum atomic E-state index is 13.6. The summed E-state index contributed by atoms with van der Waals surface area (Å²) in [5.41, 5.74) is 1.25. The Morgan fingerprint density at radius 1 is 0.976 bits per heavy atom. The van der Waals surface area contributed by atoms with Crippen LogP contribution in [0.5, 0.6) is 0 Å². The molecule has 0 spiro atoms. The van der Waals surface area contributed by atoms with Gasteiger partial charge in [0.2, 0.25) is 0 Å². The summed E-state index contributed by atoms with van der Waals surface area (Å²) in [7, 11) is -0.477. The topological polar surface area (TPSA) is 95.6 Å². The summed E-state index contributed by atoms with van der Waals surface area (Å²) < 4.78 is 29.5. The van der Waals surface area contributed by atoms with Gasteiger partial charge in [-0.2, -0.15) is 0 Å². The van der Waals surface area contributed by atoms with E-state index in [2.05, 4.69) is 5.32 Å². The van der Waals surface area contributed by atoms with Crippen LogP contribution in [0.1, 0.15) is 72.1 Å². The molecule has 0 aliphatic carbocycles. The zero-order chi connectivity index (χ0) is 29.8. The number of nitrogens with zero attached hydrogens (tertiary/aromatic N) is 1. The van der Waals surface area contributed by atoms with Crippen LogP contribution in [-0.2, 0) is 30.1 Å². The van der Waals surface area contributed by atoms with Crippen LogP contribution in [0.2, 0.25) is 0 Å². The van der Waals surface area contributed by atoms with Gasteiger partial charge in [-0.25, -0.2) is 9.59 Å². The molecule has 2 saturated heterocycles. The van der Waals surface area contributed by atoms with E-state index >= 15 is 0 Å². The summed E-state index contributed by atoms with van der Waals surface area (Å²) in [5, 5.41) is 2.79. The number of nitrogens with one attached hydrogen (secondary N) is 1. The molecule has 2 aliphatic rings. The molecule has 2 aromatic carbocycles. The zero-order valence-electron chi connectivity index (χ0n) is 25.3. The number of carbonyl (C=O) groups is 2. The maximum Gasteiger partial charge on any atom is 0.494 e. The van der Waals surface area contributed by atoms with Crippen molar-refractivity contribution in [3.8, 4) is 0 Å². The van der Waals surface area contributed by atoms with Crippen LogP contribution < -0.4 is 10.8 Å². The standard InChI is InChI=1S/C31H43BN2O7/c1-29(2,3)39-27(35)33-18-17-25-20-37-21-26(34(25)28(36)38-19-22-11-9-8-10-12-22)23-13-15-24(16-14-23)32-40-30(4,5)31(6,7)41-32/h8-16,25-26H,17-21H2,1-7H3,(H,33,35)/t25-,26+/m1/s1. The van der Waals surface area contributed by atoms with E-state index in [0.29, 0.717) is 26.2 Å². The number of benzene rings is 2. The second-order valence-corrected chi connectivity index (χ2v) is 12.6. The highest BCUT2D eigenvalue weighted by Gasteiger charge is 2.51. The Balaban J connectivity index is 1.49. The third-order valence-electron chi connectivity index (χ3n) is 7.72. The first-order valence-corrected chi connectivity index (χ1v) is 14.2. The van der Waals surface area contributed by atoms with Gasteiger partial charge in [0.25, 0.3) is 0 Å². The van der Waals surface area contributed by atoms with Crippen LogP contribution >= 0.6 is 0 Å². The van der Waals surface area contributed by atoms with Crippen LogP contribution in [0, 0.1) is 0 Å². The highest BCUT2D eigenvalue weighted by atomic mass is 16.7. The van der Waals surface area contributed by atoms with Crippen molar-refractivity contribution in [3.05, 3.63) is 65.7 Å². The summed E-state index contributed by atoms with van der Waals surface area (Å²) in [5.74, 6) is 0. The molecular weight excluding hydrogens is 523 g/mol. The molecule has 0 radical (unpaired) electrons. The first kappa shape index (κ1) is 30.9. The Morgan fingerprint density at radius 2 is 1.61 bits per heavy atom. The molecule has 10 heteroatoms. The third kappa shape index (κ3) is 7.81. The van der Waals surface area contributed by atoms with Gasteiger partial charge in [-0.05, 0) is 71.5 Å². The summed E-state index contributed by atoms with van der Waals surface area (Å²) in [6.07, 6.45) is -0.455. The quantitative estimate of drug-likeness (QED) is 0.473. The van der Waals surface area contributed by atoms with Crippen molar-refractivity contribution in [2.45, 2.75) is 90.4 Å². The van der Waals surface area contributed by atoms with Gasteiger partial charge in [-0.15, -0.1) is 0 Å². The third-order valence-corrected chi connectivity index (χ3v) is 7.72. The van der Waals surface area contributed by atoms with Crippen LogP contribution in [0.25, 0.3) is 0 Å². The van der Waals surface area contributed by atoms with Crippen LogP contribution in [-0.4, -0.2) is 66.8 Å². The fourth-order valence-electron chi connectivity index (χ4n) is 4.79. The number of amides is 2.